The van der Waals surface area contributed by atoms with Gasteiger partial charge in [-0.2, -0.15) is 0 Å². The minimum Gasteiger partial charge on any atom is -0.461 e. The first-order valence-corrected chi connectivity index (χ1v) is 8.33. The molecular formula is C20H18FNO4. The number of esters is 1. The number of fused-ring (bicyclic) bond motifs is 1. The van der Waals surface area contributed by atoms with Crippen LogP contribution in [0, 0.1) is 12.7 Å². The van der Waals surface area contributed by atoms with Crippen molar-refractivity contribution >= 4 is 17.8 Å². The number of hydrogen-bond acceptors (Lipinski definition) is 4. The Balaban J connectivity index is 1.49. The van der Waals surface area contributed by atoms with Crippen LogP contribution >= 0.6 is 0 Å². The first kappa shape index (κ1) is 17.8. The molecule has 5 nitrogen and oxygen atoms in total. The third-order valence-corrected chi connectivity index (χ3v) is 4.24. The molecule has 26 heavy (non-hydrogen) atoms. The third kappa shape index (κ3) is 3.64. The molecule has 2 aromatic carbocycles. The van der Waals surface area contributed by atoms with Crippen molar-refractivity contribution < 1.29 is 23.5 Å². The van der Waals surface area contributed by atoms with Crippen LogP contribution in [0.25, 0.3) is 0 Å². The zero-order chi connectivity index (χ0) is 18.7. The number of halogens is 1. The van der Waals surface area contributed by atoms with Crippen LogP contribution in [0.15, 0.2) is 42.5 Å². The van der Waals surface area contributed by atoms with Crippen LogP contribution in [-0.4, -0.2) is 29.2 Å². The Morgan fingerprint density at radius 3 is 2.58 bits per heavy atom. The van der Waals surface area contributed by atoms with E-state index in [1.165, 1.54) is 6.07 Å². The molecule has 1 aliphatic heterocycles. The van der Waals surface area contributed by atoms with Crippen LogP contribution in [0.2, 0.25) is 0 Å². The van der Waals surface area contributed by atoms with Crippen molar-refractivity contribution in [2.24, 2.45) is 0 Å². The molecule has 0 radical (unpaired) electrons. The Hall–Kier alpha value is -3.02. The molecule has 0 N–H and O–H groups in total. The average Bonchev–Trinajstić information content (AvgIpc) is 2.85. The molecule has 1 heterocycles. The van der Waals surface area contributed by atoms with Crippen LogP contribution in [0.5, 0.6) is 0 Å². The molecule has 6 heteroatoms. The summed E-state index contributed by atoms with van der Waals surface area (Å²) in [4.78, 5) is 37.6. The zero-order valence-electron chi connectivity index (χ0n) is 14.3. The van der Waals surface area contributed by atoms with E-state index in [9.17, 15) is 18.8 Å². The smallest absolute Gasteiger partial charge is 0.306 e. The minimum absolute atomic E-state index is 0.0425. The van der Waals surface area contributed by atoms with Gasteiger partial charge in [-0.3, -0.25) is 19.3 Å². The van der Waals surface area contributed by atoms with E-state index >= 15 is 0 Å². The number of aryl methyl sites for hydroxylation is 1. The van der Waals surface area contributed by atoms with Crippen molar-refractivity contribution in [3.05, 3.63) is 70.5 Å². The average molecular weight is 355 g/mol. The van der Waals surface area contributed by atoms with Gasteiger partial charge in [-0.1, -0.05) is 29.8 Å². The van der Waals surface area contributed by atoms with Crippen LogP contribution in [0.3, 0.4) is 0 Å². The lowest BCUT2D eigenvalue weighted by Crippen LogP contribution is -2.31. The van der Waals surface area contributed by atoms with Gasteiger partial charge in [0.15, 0.2) is 0 Å². The second-order valence-corrected chi connectivity index (χ2v) is 6.17. The van der Waals surface area contributed by atoms with Crippen LogP contribution in [0.4, 0.5) is 4.39 Å². The number of carbonyl (C=O) groups excluding carboxylic acids is 3. The van der Waals surface area contributed by atoms with E-state index in [0.29, 0.717) is 23.1 Å². The van der Waals surface area contributed by atoms with Gasteiger partial charge in [0.05, 0.1) is 11.1 Å². The molecule has 3 rings (SSSR count). The molecule has 0 saturated carbocycles. The molecule has 2 amide bonds. The fourth-order valence-corrected chi connectivity index (χ4v) is 2.84. The summed E-state index contributed by atoms with van der Waals surface area (Å²) in [6.07, 6.45) is 0.335. The lowest BCUT2D eigenvalue weighted by molar-refractivity contribution is -0.145. The number of amides is 2. The highest BCUT2D eigenvalue weighted by Crippen LogP contribution is 2.24. The largest absolute Gasteiger partial charge is 0.461 e. The quantitative estimate of drug-likeness (QED) is 0.589. The van der Waals surface area contributed by atoms with Gasteiger partial charge in [0.1, 0.15) is 12.4 Å². The summed E-state index contributed by atoms with van der Waals surface area (Å²) in [5.74, 6) is -1.61. The van der Waals surface area contributed by atoms with Crippen LogP contribution < -0.4 is 0 Å². The summed E-state index contributed by atoms with van der Waals surface area (Å²) < 4.78 is 18.5. The molecule has 0 atom stereocenters. The first-order chi connectivity index (χ1) is 12.5. The van der Waals surface area contributed by atoms with E-state index in [2.05, 4.69) is 0 Å². The number of hydrogen-bond donors (Lipinski definition) is 0. The van der Waals surface area contributed by atoms with Gasteiger partial charge in [-0.05, 0) is 31.5 Å². The van der Waals surface area contributed by atoms with Crippen molar-refractivity contribution in [1.29, 1.82) is 0 Å². The summed E-state index contributed by atoms with van der Waals surface area (Å²) >= 11 is 0. The molecule has 2 aromatic rings. The number of ether oxygens (including phenoxy) is 1. The van der Waals surface area contributed by atoms with Gasteiger partial charge in [-0.25, -0.2) is 4.39 Å². The third-order valence-electron chi connectivity index (χ3n) is 4.24. The van der Waals surface area contributed by atoms with Gasteiger partial charge >= 0.3 is 5.97 Å². The summed E-state index contributed by atoms with van der Waals surface area (Å²) in [5.41, 5.74) is 2.00. The monoisotopic (exact) mass is 355 g/mol. The van der Waals surface area contributed by atoms with Gasteiger partial charge < -0.3 is 4.74 Å². The number of rotatable bonds is 6. The highest BCUT2D eigenvalue weighted by atomic mass is 19.1. The van der Waals surface area contributed by atoms with E-state index in [1.807, 2.05) is 6.92 Å². The Morgan fingerprint density at radius 2 is 1.81 bits per heavy atom. The SMILES string of the molecule is Cc1ccc2c(c1)C(=O)N(CCCC(=O)OCc1ccccc1F)C2=O. The molecule has 0 unspecified atom stereocenters. The van der Waals surface area contributed by atoms with Gasteiger partial charge in [0.25, 0.3) is 11.8 Å². The Labute approximate surface area is 150 Å². The van der Waals surface area contributed by atoms with Crippen molar-refractivity contribution in [3.63, 3.8) is 0 Å². The molecule has 0 bridgehead atoms. The second kappa shape index (κ2) is 7.47. The summed E-state index contributed by atoms with van der Waals surface area (Å²) in [6.45, 7) is 1.85. The van der Waals surface area contributed by atoms with Gasteiger partial charge in [-0.15, -0.1) is 0 Å². The van der Waals surface area contributed by atoms with Crippen LogP contribution in [-0.2, 0) is 16.1 Å². The van der Waals surface area contributed by atoms with Crippen molar-refractivity contribution in [2.75, 3.05) is 6.54 Å². The Kier molecular flexibility index (Phi) is 5.11. The van der Waals surface area contributed by atoms with E-state index in [1.54, 1.807) is 36.4 Å². The molecular weight excluding hydrogens is 337 g/mol. The van der Waals surface area contributed by atoms with Crippen molar-refractivity contribution in [2.45, 2.75) is 26.4 Å². The maximum atomic E-state index is 13.5. The van der Waals surface area contributed by atoms with Crippen molar-refractivity contribution in [1.82, 2.24) is 4.90 Å². The highest BCUT2D eigenvalue weighted by Gasteiger charge is 2.34. The zero-order valence-corrected chi connectivity index (χ0v) is 14.3. The predicted octanol–water partition coefficient (Wildman–Crippen LogP) is 3.25. The maximum Gasteiger partial charge on any atom is 0.306 e. The first-order valence-electron chi connectivity index (χ1n) is 8.33. The highest BCUT2D eigenvalue weighted by molar-refractivity contribution is 6.21. The second-order valence-electron chi connectivity index (χ2n) is 6.17. The number of benzene rings is 2. The molecule has 134 valence electrons. The standard InChI is InChI=1S/C20H18FNO4/c1-13-8-9-15-16(11-13)20(25)22(19(15)24)10-4-7-18(23)26-12-14-5-2-3-6-17(14)21/h2-3,5-6,8-9,11H,4,7,10,12H2,1H3. The number of nitrogens with zero attached hydrogens (tertiary/aromatic N) is 1. The van der Waals surface area contributed by atoms with Gasteiger partial charge in [0, 0.05) is 18.5 Å². The van der Waals surface area contributed by atoms with Crippen molar-refractivity contribution in [3.8, 4) is 0 Å². The lowest BCUT2D eigenvalue weighted by atomic mass is 10.1. The number of imide groups is 1. The van der Waals surface area contributed by atoms with E-state index in [-0.39, 0.29) is 31.4 Å². The summed E-state index contributed by atoms with van der Waals surface area (Å²) in [7, 11) is 0. The van der Waals surface area contributed by atoms with E-state index in [0.717, 1.165) is 10.5 Å². The minimum atomic E-state index is -0.499. The predicted molar refractivity (Wildman–Crippen MR) is 92.0 cm³/mol. The van der Waals surface area contributed by atoms with E-state index < -0.39 is 11.8 Å². The summed E-state index contributed by atoms with van der Waals surface area (Å²) in [6, 6.07) is 11.2. The molecule has 0 spiro atoms. The maximum absolute atomic E-state index is 13.5. The topological polar surface area (TPSA) is 63.7 Å². The molecule has 0 fully saturated rings. The number of carbonyl (C=O) groups is 3. The summed E-state index contributed by atoms with van der Waals surface area (Å²) in [5, 5.41) is 0. The Bertz CT molecular complexity index is 878. The van der Waals surface area contributed by atoms with Gasteiger partial charge in [0.2, 0.25) is 0 Å². The van der Waals surface area contributed by atoms with Crippen LogP contribution in [0.1, 0.15) is 44.7 Å². The normalized spacial score (nSPS) is 13.1. The molecule has 1 aliphatic rings. The molecule has 0 aromatic heterocycles. The lowest BCUT2D eigenvalue weighted by Gasteiger charge is -2.13. The molecule has 0 aliphatic carbocycles. The molecule has 0 saturated heterocycles. The fourth-order valence-electron chi connectivity index (χ4n) is 2.84. The van der Waals surface area contributed by atoms with E-state index in [4.69, 9.17) is 4.74 Å². The fraction of sp³-hybridized carbons (Fsp3) is 0.250. The Morgan fingerprint density at radius 1 is 1.08 bits per heavy atom.